The van der Waals surface area contributed by atoms with Gasteiger partial charge >= 0.3 is 0 Å². The standard InChI is InChI=1S/C20H24ClN7O3S/c1-12(18-22-10-14(21)11-23-18)13(2)32(29,30)27-20-26-25-19(28(20)15-6-4-7-15)16-8-5-9-17(24-16)31-3/h5,8-13,15H,4,6-7H2,1-3H3,(H,26,27)/t12-,13-/m0/s1. The molecule has 3 aromatic rings. The van der Waals surface area contributed by atoms with Gasteiger partial charge in [0.1, 0.15) is 11.5 Å². The van der Waals surface area contributed by atoms with Crippen LogP contribution >= 0.6 is 11.6 Å². The maximum atomic E-state index is 13.2. The normalized spacial score (nSPS) is 16.2. The number of nitrogens with zero attached hydrogens (tertiary/aromatic N) is 6. The number of pyridine rings is 1. The average Bonchev–Trinajstić information content (AvgIpc) is 3.14. The molecule has 0 spiro atoms. The molecule has 3 heterocycles. The second-order valence-corrected chi connectivity index (χ2v) is 10.2. The smallest absolute Gasteiger partial charge is 0.238 e. The van der Waals surface area contributed by atoms with Crippen molar-refractivity contribution < 1.29 is 13.2 Å². The first kappa shape index (κ1) is 22.4. The van der Waals surface area contributed by atoms with Crippen molar-refractivity contribution in [2.75, 3.05) is 11.8 Å². The largest absolute Gasteiger partial charge is 0.481 e. The van der Waals surface area contributed by atoms with Crippen LogP contribution in [-0.4, -0.2) is 50.5 Å². The van der Waals surface area contributed by atoms with Crippen LogP contribution in [0.25, 0.3) is 11.5 Å². The van der Waals surface area contributed by atoms with E-state index in [4.69, 9.17) is 16.3 Å². The van der Waals surface area contributed by atoms with E-state index in [1.54, 1.807) is 32.0 Å². The fourth-order valence-electron chi connectivity index (χ4n) is 3.44. The SMILES string of the molecule is COc1cccc(-c2nnc(NS(=O)(=O)[C@@H](C)[C@H](C)c3ncc(Cl)cn3)n2C2CCC2)n1. The lowest BCUT2D eigenvalue weighted by atomic mass is 9.93. The molecule has 10 nitrogen and oxygen atoms in total. The third kappa shape index (κ3) is 4.40. The van der Waals surface area contributed by atoms with Crippen LogP contribution in [0.1, 0.15) is 50.9 Å². The van der Waals surface area contributed by atoms with Crippen LogP contribution in [0.15, 0.2) is 30.6 Å². The molecule has 0 aromatic carbocycles. The van der Waals surface area contributed by atoms with Gasteiger partial charge in [-0.05, 0) is 32.3 Å². The van der Waals surface area contributed by atoms with Crippen LogP contribution in [0.2, 0.25) is 5.02 Å². The first-order valence-electron chi connectivity index (χ1n) is 10.3. The molecule has 1 saturated carbocycles. The van der Waals surface area contributed by atoms with Crippen molar-refractivity contribution in [2.45, 2.75) is 50.3 Å². The highest BCUT2D eigenvalue weighted by molar-refractivity contribution is 7.93. The minimum atomic E-state index is -3.82. The van der Waals surface area contributed by atoms with E-state index in [1.165, 1.54) is 19.5 Å². The Morgan fingerprint density at radius 2 is 1.91 bits per heavy atom. The lowest BCUT2D eigenvalue weighted by Gasteiger charge is -2.29. The molecule has 12 heteroatoms. The van der Waals surface area contributed by atoms with Crippen molar-refractivity contribution in [2.24, 2.45) is 0 Å². The quantitative estimate of drug-likeness (QED) is 0.523. The third-order valence-electron chi connectivity index (χ3n) is 5.77. The highest BCUT2D eigenvalue weighted by atomic mass is 35.5. The molecule has 0 bridgehead atoms. The monoisotopic (exact) mass is 477 g/mol. The second-order valence-electron chi connectivity index (χ2n) is 7.77. The highest BCUT2D eigenvalue weighted by Gasteiger charge is 2.33. The number of hydrogen-bond acceptors (Lipinski definition) is 8. The summed E-state index contributed by atoms with van der Waals surface area (Å²) in [4.78, 5) is 12.8. The predicted molar refractivity (Wildman–Crippen MR) is 120 cm³/mol. The van der Waals surface area contributed by atoms with Gasteiger partial charge in [-0.1, -0.05) is 24.6 Å². The van der Waals surface area contributed by atoms with Gasteiger partial charge in [0.25, 0.3) is 0 Å². The molecule has 0 aliphatic heterocycles. The van der Waals surface area contributed by atoms with E-state index >= 15 is 0 Å². The van der Waals surface area contributed by atoms with Crippen molar-refractivity contribution >= 4 is 27.6 Å². The number of methoxy groups -OCH3 is 1. The molecule has 0 amide bonds. The maximum Gasteiger partial charge on any atom is 0.238 e. The molecule has 4 rings (SSSR count). The zero-order valence-corrected chi connectivity index (χ0v) is 19.5. The van der Waals surface area contributed by atoms with Crippen molar-refractivity contribution in [3.05, 3.63) is 41.4 Å². The molecule has 3 aromatic heterocycles. The van der Waals surface area contributed by atoms with E-state index in [0.717, 1.165) is 19.3 Å². The summed E-state index contributed by atoms with van der Waals surface area (Å²) in [5, 5.41) is 7.97. The van der Waals surface area contributed by atoms with Crippen LogP contribution < -0.4 is 9.46 Å². The van der Waals surface area contributed by atoms with Crippen molar-refractivity contribution in [3.63, 3.8) is 0 Å². The van der Waals surface area contributed by atoms with Gasteiger partial charge in [0, 0.05) is 30.4 Å². The number of aromatic nitrogens is 6. The lowest BCUT2D eigenvalue weighted by Crippen LogP contribution is -2.32. The van der Waals surface area contributed by atoms with Gasteiger partial charge in [-0.3, -0.25) is 9.29 Å². The zero-order chi connectivity index (χ0) is 22.9. The molecule has 1 aliphatic rings. The first-order chi connectivity index (χ1) is 15.3. The fourth-order valence-corrected chi connectivity index (χ4v) is 4.77. The molecule has 1 N–H and O–H groups in total. The summed E-state index contributed by atoms with van der Waals surface area (Å²) >= 11 is 5.84. The molecular formula is C20H24ClN7O3S. The Morgan fingerprint density at radius 3 is 2.53 bits per heavy atom. The maximum absolute atomic E-state index is 13.2. The highest BCUT2D eigenvalue weighted by Crippen LogP contribution is 2.37. The minimum Gasteiger partial charge on any atom is -0.481 e. The average molecular weight is 478 g/mol. The van der Waals surface area contributed by atoms with Gasteiger partial charge in [-0.15, -0.1) is 10.2 Å². The number of sulfonamides is 1. The molecule has 170 valence electrons. The van der Waals surface area contributed by atoms with Gasteiger partial charge in [0.05, 0.1) is 17.4 Å². The summed E-state index contributed by atoms with van der Waals surface area (Å²) < 4.78 is 36.1. The third-order valence-corrected chi connectivity index (χ3v) is 7.82. The number of nitrogens with one attached hydrogen (secondary N) is 1. The molecule has 0 unspecified atom stereocenters. The summed E-state index contributed by atoms with van der Waals surface area (Å²) in [5.74, 6) is 1.04. The summed E-state index contributed by atoms with van der Waals surface area (Å²) in [6.45, 7) is 3.37. The van der Waals surface area contributed by atoms with Crippen LogP contribution in [-0.2, 0) is 10.0 Å². The summed E-state index contributed by atoms with van der Waals surface area (Å²) in [6, 6.07) is 5.43. The fraction of sp³-hybridized carbons (Fsp3) is 0.450. The van der Waals surface area contributed by atoms with Crippen molar-refractivity contribution in [1.29, 1.82) is 0 Å². The Kier molecular flexibility index (Phi) is 6.29. The minimum absolute atomic E-state index is 0.0954. The number of hydrogen-bond donors (Lipinski definition) is 1. The molecule has 1 aliphatic carbocycles. The van der Waals surface area contributed by atoms with Crippen LogP contribution in [0.5, 0.6) is 5.88 Å². The van der Waals surface area contributed by atoms with Gasteiger partial charge in [0.15, 0.2) is 5.82 Å². The Labute approximate surface area is 191 Å². The number of anilines is 1. The second kappa shape index (κ2) is 8.99. The summed E-state index contributed by atoms with van der Waals surface area (Å²) in [5.41, 5.74) is 0.560. The molecule has 32 heavy (non-hydrogen) atoms. The van der Waals surface area contributed by atoms with Gasteiger partial charge in [-0.2, -0.15) is 0 Å². The zero-order valence-electron chi connectivity index (χ0n) is 17.9. The van der Waals surface area contributed by atoms with Gasteiger partial charge < -0.3 is 4.74 Å². The molecule has 0 radical (unpaired) electrons. The van der Waals surface area contributed by atoms with Crippen LogP contribution in [0, 0.1) is 0 Å². The Morgan fingerprint density at radius 1 is 1.19 bits per heavy atom. The van der Waals surface area contributed by atoms with E-state index in [1.807, 2.05) is 4.57 Å². The van der Waals surface area contributed by atoms with E-state index < -0.39 is 21.2 Å². The van der Waals surface area contributed by atoms with Crippen molar-refractivity contribution in [1.82, 2.24) is 29.7 Å². The van der Waals surface area contributed by atoms with E-state index in [0.29, 0.717) is 28.2 Å². The topological polar surface area (TPSA) is 125 Å². The Bertz CT molecular complexity index is 1200. The van der Waals surface area contributed by atoms with E-state index in [9.17, 15) is 8.42 Å². The molecule has 1 fully saturated rings. The summed E-state index contributed by atoms with van der Waals surface area (Å²) in [7, 11) is -2.29. The number of ether oxygens (including phenoxy) is 1. The van der Waals surface area contributed by atoms with Gasteiger partial charge in [-0.25, -0.2) is 23.4 Å². The first-order valence-corrected chi connectivity index (χ1v) is 12.2. The molecule has 0 saturated heterocycles. The molecule has 2 atom stereocenters. The Hall–Kier alpha value is -2.79. The lowest BCUT2D eigenvalue weighted by molar-refractivity contribution is 0.318. The van der Waals surface area contributed by atoms with Crippen LogP contribution in [0.4, 0.5) is 5.95 Å². The van der Waals surface area contributed by atoms with Gasteiger partial charge in [0.2, 0.25) is 21.9 Å². The molecular weight excluding hydrogens is 454 g/mol. The van der Waals surface area contributed by atoms with Crippen LogP contribution in [0.3, 0.4) is 0 Å². The van der Waals surface area contributed by atoms with E-state index in [2.05, 4.69) is 29.9 Å². The predicted octanol–water partition coefficient (Wildman–Crippen LogP) is 3.45. The van der Waals surface area contributed by atoms with Crippen molar-refractivity contribution in [3.8, 4) is 17.4 Å². The number of halogens is 1. The van der Waals surface area contributed by atoms with E-state index in [-0.39, 0.29) is 12.0 Å². The summed E-state index contributed by atoms with van der Waals surface area (Å²) in [6.07, 6.45) is 5.78. The number of rotatable bonds is 8. The Balaban J connectivity index is 1.64.